The van der Waals surface area contributed by atoms with Crippen molar-refractivity contribution in [1.82, 2.24) is 0 Å². The van der Waals surface area contributed by atoms with Crippen LogP contribution in [0, 0.1) is 0 Å². The SMILES string of the molecule is CCOC(O)C(F)(F)[C@]1(OCc2ccccc2)O[C@H](COCc2ccccc2)[C@H](OCc2ccccc2)[C@H](OCc2ccccc2)[C@H]1OCc1ccccc1. The monoisotopic (exact) mass is 754 g/mol. The summed E-state index contributed by atoms with van der Waals surface area (Å²) >= 11 is 0. The number of hydrogen-bond acceptors (Lipinski definition) is 8. The van der Waals surface area contributed by atoms with Crippen LogP contribution in [0.1, 0.15) is 34.7 Å². The molecule has 5 aromatic carbocycles. The molecule has 1 saturated heterocycles. The van der Waals surface area contributed by atoms with E-state index in [-0.39, 0.29) is 46.2 Å². The summed E-state index contributed by atoms with van der Waals surface area (Å²) in [6.45, 7) is 0.984. The van der Waals surface area contributed by atoms with Crippen LogP contribution in [0.25, 0.3) is 0 Å². The molecule has 1 unspecified atom stereocenters. The molecule has 0 bridgehead atoms. The number of alkyl halides is 2. The Hall–Kier alpha value is -4.36. The van der Waals surface area contributed by atoms with Crippen LogP contribution < -0.4 is 0 Å². The lowest BCUT2D eigenvalue weighted by atomic mass is 9.87. The van der Waals surface area contributed by atoms with Gasteiger partial charge in [0, 0.05) is 6.61 Å². The molecule has 1 aliphatic heterocycles. The third-order valence-electron chi connectivity index (χ3n) is 9.32. The number of rotatable bonds is 20. The number of benzene rings is 5. The standard InChI is InChI=1S/C45H48F2O8/c1-2-50-43(48)44(46,47)45(54-32-38-26-16-7-17-27-38)42(53-31-37-24-14-6-15-25-37)41(52-30-36-22-12-5-13-23-36)40(51-29-35-20-10-4-11-21-35)39(55-45)33-49-28-34-18-8-3-9-19-34/h3-27,39-43,48H,2,28-33H2,1H3/t39-,40+,41+,42-,43?,45-/m1/s1. The predicted molar refractivity (Wildman–Crippen MR) is 203 cm³/mol. The van der Waals surface area contributed by atoms with Crippen LogP contribution in [0.5, 0.6) is 0 Å². The topological polar surface area (TPSA) is 84.8 Å². The third-order valence-corrected chi connectivity index (χ3v) is 9.32. The molecular formula is C45H48F2O8. The molecule has 1 fully saturated rings. The molecule has 0 aliphatic carbocycles. The van der Waals surface area contributed by atoms with Crippen molar-refractivity contribution < 1.29 is 47.0 Å². The van der Waals surface area contributed by atoms with Crippen molar-refractivity contribution in [1.29, 1.82) is 0 Å². The summed E-state index contributed by atoms with van der Waals surface area (Å²) in [6, 6.07) is 46.4. The van der Waals surface area contributed by atoms with Crippen LogP contribution >= 0.6 is 0 Å². The van der Waals surface area contributed by atoms with E-state index in [1.807, 2.05) is 127 Å². The fourth-order valence-electron chi connectivity index (χ4n) is 6.52. The van der Waals surface area contributed by atoms with E-state index in [1.165, 1.54) is 6.92 Å². The van der Waals surface area contributed by atoms with Crippen molar-refractivity contribution in [2.24, 2.45) is 0 Å². The first kappa shape index (κ1) is 40.3. The van der Waals surface area contributed by atoms with Gasteiger partial charge in [-0.2, -0.15) is 8.78 Å². The lowest BCUT2D eigenvalue weighted by Crippen LogP contribution is -2.75. The Kier molecular flexibility index (Phi) is 14.7. The van der Waals surface area contributed by atoms with Gasteiger partial charge in [-0.1, -0.05) is 152 Å². The van der Waals surface area contributed by atoms with Gasteiger partial charge in [0.2, 0.25) is 6.29 Å². The fraction of sp³-hybridized carbons (Fsp3) is 0.333. The Balaban J connectivity index is 1.47. The Labute approximate surface area is 321 Å². The first-order chi connectivity index (χ1) is 26.9. The molecule has 1 aliphatic rings. The number of aliphatic hydroxyl groups is 1. The zero-order valence-electron chi connectivity index (χ0n) is 30.8. The first-order valence-electron chi connectivity index (χ1n) is 18.5. The summed E-state index contributed by atoms with van der Waals surface area (Å²) in [4.78, 5) is 0. The van der Waals surface area contributed by atoms with Gasteiger partial charge in [0.05, 0.1) is 39.6 Å². The van der Waals surface area contributed by atoms with Crippen molar-refractivity contribution in [3.8, 4) is 0 Å². The molecule has 6 rings (SSSR count). The van der Waals surface area contributed by atoms with Crippen LogP contribution in [0.3, 0.4) is 0 Å². The summed E-state index contributed by atoms with van der Waals surface area (Å²) < 4.78 is 79.1. The molecule has 0 saturated carbocycles. The average molecular weight is 755 g/mol. The van der Waals surface area contributed by atoms with Gasteiger partial charge in [-0.15, -0.1) is 0 Å². The molecular weight excluding hydrogens is 706 g/mol. The number of aliphatic hydroxyl groups excluding tert-OH is 1. The molecule has 0 spiro atoms. The minimum absolute atomic E-state index is 0.0217. The lowest BCUT2D eigenvalue weighted by Gasteiger charge is -2.54. The van der Waals surface area contributed by atoms with Gasteiger partial charge < -0.3 is 38.3 Å². The second-order valence-corrected chi connectivity index (χ2v) is 13.3. The molecule has 0 amide bonds. The second-order valence-electron chi connectivity index (χ2n) is 13.3. The van der Waals surface area contributed by atoms with Crippen molar-refractivity contribution >= 4 is 0 Å². The first-order valence-corrected chi connectivity index (χ1v) is 18.5. The van der Waals surface area contributed by atoms with E-state index in [0.29, 0.717) is 11.1 Å². The van der Waals surface area contributed by atoms with Gasteiger partial charge in [-0.3, -0.25) is 0 Å². The van der Waals surface area contributed by atoms with Gasteiger partial charge in [-0.05, 0) is 34.7 Å². The minimum atomic E-state index is -4.23. The van der Waals surface area contributed by atoms with Crippen LogP contribution in [0.4, 0.5) is 8.78 Å². The molecule has 0 aromatic heterocycles. The molecule has 290 valence electrons. The molecule has 8 nitrogen and oxygen atoms in total. The number of hydrogen-bond donors (Lipinski definition) is 1. The summed E-state index contributed by atoms with van der Waals surface area (Å²) in [5.74, 6) is -7.21. The highest BCUT2D eigenvalue weighted by Crippen LogP contribution is 2.48. The lowest BCUT2D eigenvalue weighted by molar-refractivity contribution is -0.462. The van der Waals surface area contributed by atoms with E-state index in [9.17, 15) is 5.11 Å². The molecule has 1 heterocycles. The van der Waals surface area contributed by atoms with Crippen LogP contribution in [0.2, 0.25) is 0 Å². The highest BCUT2D eigenvalue weighted by molar-refractivity contribution is 5.19. The summed E-state index contributed by atoms with van der Waals surface area (Å²) in [7, 11) is 0. The van der Waals surface area contributed by atoms with Crippen LogP contribution in [-0.4, -0.2) is 60.7 Å². The Bertz CT molecular complexity index is 1800. The van der Waals surface area contributed by atoms with E-state index in [4.69, 9.17) is 33.2 Å². The second kappa shape index (κ2) is 20.0. The summed E-state index contributed by atoms with van der Waals surface area (Å²) in [6.07, 6.45) is -7.80. The third kappa shape index (κ3) is 10.5. The molecule has 10 heteroatoms. The number of ether oxygens (including phenoxy) is 7. The largest absolute Gasteiger partial charge is 0.374 e. The van der Waals surface area contributed by atoms with Crippen LogP contribution in [0.15, 0.2) is 152 Å². The van der Waals surface area contributed by atoms with Gasteiger partial charge in [0.25, 0.3) is 5.79 Å². The Morgan fingerprint density at radius 3 is 1.44 bits per heavy atom. The van der Waals surface area contributed by atoms with Gasteiger partial charge in [0.1, 0.15) is 24.4 Å². The summed E-state index contributed by atoms with van der Waals surface area (Å²) in [5.41, 5.74) is 3.83. The number of halogens is 2. The van der Waals surface area contributed by atoms with E-state index in [2.05, 4.69) is 0 Å². The van der Waals surface area contributed by atoms with Crippen molar-refractivity contribution in [2.45, 2.75) is 82.4 Å². The van der Waals surface area contributed by atoms with Gasteiger partial charge in [-0.25, -0.2) is 0 Å². The molecule has 0 radical (unpaired) electrons. The highest BCUT2D eigenvalue weighted by atomic mass is 19.3. The Morgan fingerprint density at radius 1 is 0.582 bits per heavy atom. The smallest absolute Gasteiger partial charge is 0.352 e. The maximum Gasteiger partial charge on any atom is 0.352 e. The fourth-order valence-corrected chi connectivity index (χ4v) is 6.52. The molecule has 6 atom stereocenters. The van der Waals surface area contributed by atoms with Crippen molar-refractivity contribution in [3.63, 3.8) is 0 Å². The zero-order chi connectivity index (χ0) is 38.4. The van der Waals surface area contributed by atoms with Gasteiger partial charge >= 0.3 is 5.92 Å². The molecule has 5 aromatic rings. The van der Waals surface area contributed by atoms with E-state index < -0.39 is 42.4 Å². The zero-order valence-corrected chi connectivity index (χ0v) is 30.8. The maximum atomic E-state index is 17.5. The van der Waals surface area contributed by atoms with Gasteiger partial charge in [0.15, 0.2) is 0 Å². The van der Waals surface area contributed by atoms with Crippen molar-refractivity contribution in [2.75, 3.05) is 13.2 Å². The maximum absolute atomic E-state index is 17.5. The van der Waals surface area contributed by atoms with E-state index in [0.717, 1.165) is 16.7 Å². The molecule has 1 N–H and O–H groups in total. The van der Waals surface area contributed by atoms with E-state index in [1.54, 1.807) is 24.3 Å². The average Bonchev–Trinajstić information content (AvgIpc) is 3.23. The Morgan fingerprint density at radius 2 is 0.982 bits per heavy atom. The molecule has 55 heavy (non-hydrogen) atoms. The minimum Gasteiger partial charge on any atom is -0.374 e. The predicted octanol–water partition coefficient (Wildman–Crippen LogP) is 8.26. The quantitative estimate of drug-likeness (QED) is 0.0796. The summed E-state index contributed by atoms with van der Waals surface area (Å²) in [5, 5.41) is 11.1. The van der Waals surface area contributed by atoms with Crippen LogP contribution in [-0.2, 0) is 66.2 Å². The highest BCUT2D eigenvalue weighted by Gasteiger charge is 2.72. The van der Waals surface area contributed by atoms with Crippen molar-refractivity contribution in [3.05, 3.63) is 179 Å². The van der Waals surface area contributed by atoms with E-state index >= 15 is 8.78 Å². The normalized spacial score (nSPS) is 22.0.